The summed E-state index contributed by atoms with van der Waals surface area (Å²) >= 11 is 0. The molecule has 1 atom stereocenters. The molecule has 22 heavy (non-hydrogen) atoms. The second kappa shape index (κ2) is 6.93. The first-order chi connectivity index (χ1) is 10.4. The molecule has 2 amide bonds. The number of piperazine rings is 1. The van der Waals surface area contributed by atoms with Crippen LogP contribution in [0.3, 0.4) is 0 Å². The number of piperidine rings is 1. The third-order valence-corrected chi connectivity index (χ3v) is 6.20. The van der Waals surface area contributed by atoms with E-state index in [1.807, 2.05) is 0 Å². The lowest BCUT2D eigenvalue weighted by molar-refractivity contribution is -0.140. The van der Waals surface area contributed by atoms with E-state index in [4.69, 9.17) is 0 Å². The number of hydrogen-bond donors (Lipinski definition) is 0. The first-order valence-corrected chi connectivity index (χ1v) is 8.91. The van der Waals surface area contributed by atoms with Crippen LogP contribution in [0.2, 0.25) is 0 Å². The Hall–Kier alpha value is -1.19. The molecule has 126 valence electrons. The van der Waals surface area contributed by atoms with Gasteiger partial charge in [0.25, 0.3) is 10.2 Å². The molecule has 9 heteroatoms. The molecule has 0 spiro atoms. The summed E-state index contributed by atoms with van der Waals surface area (Å²) in [6, 6.07) is 0. The Kier molecular flexibility index (Phi) is 5.41. The maximum Gasteiger partial charge on any atom is 0.281 e. The van der Waals surface area contributed by atoms with Crippen LogP contribution in [0.4, 0.5) is 0 Å². The molecular formula is C13H24N4O4S. The van der Waals surface area contributed by atoms with Gasteiger partial charge in [0, 0.05) is 53.4 Å². The van der Waals surface area contributed by atoms with Gasteiger partial charge in [0.05, 0.1) is 5.92 Å². The molecule has 2 fully saturated rings. The van der Waals surface area contributed by atoms with Gasteiger partial charge < -0.3 is 9.80 Å². The van der Waals surface area contributed by atoms with Crippen LogP contribution in [0.1, 0.15) is 12.8 Å². The van der Waals surface area contributed by atoms with Crippen molar-refractivity contribution in [2.75, 3.05) is 53.4 Å². The van der Waals surface area contributed by atoms with Gasteiger partial charge in [0.15, 0.2) is 0 Å². The van der Waals surface area contributed by atoms with Gasteiger partial charge in [0.2, 0.25) is 12.3 Å². The molecule has 0 aliphatic carbocycles. The summed E-state index contributed by atoms with van der Waals surface area (Å²) in [6.07, 6.45) is 2.21. The summed E-state index contributed by atoms with van der Waals surface area (Å²) in [5.41, 5.74) is 0. The molecule has 2 aliphatic heterocycles. The minimum absolute atomic E-state index is 0.00389. The Bertz CT molecular complexity index is 514. The predicted octanol–water partition coefficient (Wildman–Crippen LogP) is -1.19. The summed E-state index contributed by atoms with van der Waals surface area (Å²) in [5.74, 6) is -0.282. The number of carbonyl (C=O) groups is 2. The minimum atomic E-state index is -3.47. The fourth-order valence-corrected chi connectivity index (χ4v) is 4.08. The quantitative estimate of drug-likeness (QED) is 0.606. The van der Waals surface area contributed by atoms with E-state index in [2.05, 4.69) is 0 Å². The number of hydrogen-bond acceptors (Lipinski definition) is 4. The largest absolute Gasteiger partial charge is 0.342 e. The highest BCUT2D eigenvalue weighted by Gasteiger charge is 2.35. The van der Waals surface area contributed by atoms with Gasteiger partial charge >= 0.3 is 0 Å². The van der Waals surface area contributed by atoms with Crippen LogP contribution >= 0.6 is 0 Å². The lowest BCUT2D eigenvalue weighted by atomic mass is 9.98. The van der Waals surface area contributed by atoms with Crippen molar-refractivity contribution in [1.82, 2.24) is 18.4 Å². The Labute approximate surface area is 131 Å². The average molecular weight is 332 g/mol. The van der Waals surface area contributed by atoms with Crippen molar-refractivity contribution < 1.29 is 18.0 Å². The third-order valence-electron chi connectivity index (χ3n) is 4.30. The molecule has 1 unspecified atom stereocenters. The standard InChI is InChI=1S/C13H24N4O4S/c1-14(2)22(20,21)17-5-3-4-12(10-17)13(19)16-8-6-15(11-18)7-9-16/h11-12H,3-10H2,1-2H3. The van der Waals surface area contributed by atoms with E-state index in [9.17, 15) is 18.0 Å². The van der Waals surface area contributed by atoms with E-state index < -0.39 is 10.2 Å². The topological polar surface area (TPSA) is 81.2 Å². The second-order valence-corrected chi connectivity index (χ2v) is 8.10. The molecule has 2 saturated heterocycles. The molecule has 2 heterocycles. The molecular weight excluding hydrogens is 308 g/mol. The van der Waals surface area contributed by atoms with E-state index in [0.717, 1.165) is 6.41 Å². The van der Waals surface area contributed by atoms with E-state index in [1.165, 1.54) is 22.7 Å². The zero-order valence-corrected chi connectivity index (χ0v) is 14.0. The summed E-state index contributed by atoms with van der Waals surface area (Å²) in [5, 5.41) is 0. The molecule has 0 saturated carbocycles. The highest BCUT2D eigenvalue weighted by Crippen LogP contribution is 2.22. The van der Waals surface area contributed by atoms with Crippen molar-refractivity contribution in [2.45, 2.75) is 12.8 Å². The Balaban J connectivity index is 1.98. The molecule has 8 nitrogen and oxygen atoms in total. The number of amides is 2. The van der Waals surface area contributed by atoms with Crippen LogP contribution in [-0.4, -0.2) is 92.5 Å². The fourth-order valence-electron chi connectivity index (χ4n) is 2.89. The van der Waals surface area contributed by atoms with Crippen molar-refractivity contribution in [3.8, 4) is 0 Å². The normalized spacial score (nSPS) is 24.6. The highest BCUT2D eigenvalue weighted by atomic mass is 32.2. The van der Waals surface area contributed by atoms with Crippen LogP contribution < -0.4 is 0 Å². The molecule has 0 aromatic rings. The highest BCUT2D eigenvalue weighted by molar-refractivity contribution is 7.86. The van der Waals surface area contributed by atoms with Crippen LogP contribution in [-0.2, 0) is 19.8 Å². The van der Waals surface area contributed by atoms with Gasteiger partial charge in [-0.25, -0.2) is 0 Å². The summed E-state index contributed by atoms with van der Waals surface area (Å²) in [4.78, 5) is 26.7. The van der Waals surface area contributed by atoms with E-state index in [0.29, 0.717) is 45.6 Å². The molecule has 0 radical (unpaired) electrons. The Morgan fingerprint density at radius 3 is 2.32 bits per heavy atom. The van der Waals surface area contributed by atoms with Crippen LogP contribution in [0.15, 0.2) is 0 Å². The van der Waals surface area contributed by atoms with Gasteiger partial charge in [-0.05, 0) is 12.8 Å². The number of carbonyl (C=O) groups excluding carboxylic acids is 2. The fraction of sp³-hybridized carbons (Fsp3) is 0.846. The number of rotatable bonds is 4. The van der Waals surface area contributed by atoms with Crippen molar-refractivity contribution >= 4 is 22.5 Å². The van der Waals surface area contributed by atoms with Crippen LogP contribution in [0.5, 0.6) is 0 Å². The van der Waals surface area contributed by atoms with Crippen LogP contribution in [0.25, 0.3) is 0 Å². The molecule has 2 rings (SSSR count). The zero-order chi connectivity index (χ0) is 16.3. The summed E-state index contributed by atoms with van der Waals surface area (Å²) in [7, 11) is -0.470. The first kappa shape index (κ1) is 17.2. The monoisotopic (exact) mass is 332 g/mol. The zero-order valence-electron chi connectivity index (χ0n) is 13.1. The average Bonchev–Trinajstić information content (AvgIpc) is 2.54. The van der Waals surface area contributed by atoms with Gasteiger partial charge in [-0.15, -0.1) is 0 Å². The maximum absolute atomic E-state index is 12.6. The second-order valence-electron chi connectivity index (χ2n) is 5.95. The molecule has 2 aliphatic rings. The SMILES string of the molecule is CN(C)S(=O)(=O)N1CCCC(C(=O)N2CCN(C=O)CC2)C1. The van der Waals surface area contributed by atoms with Gasteiger partial charge in [0.1, 0.15) is 0 Å². The van der Waals surface area contributed by atoms with Crippen molar-refractivity contribution in [3.63, 3.8) is 0 Å². The first-order valence-electron chi connectivity index (χ1n) is 7.52. The summed E-state index contributed by atoms with van der Waals surface area (Å²) in [6.45, 7) is 2.84. The lowest BCUT2D eigenvalue weighted by Gasteiger charge is -2.38. The molecule has 0 aromatic carbocycles. The van der Waals surface area contributed by atoms with Crippen molar-refractivity contribution in [2.24, 2.45) is 5.92 Å². The Morgan fingerprint density at radius 2 is 1.77 bits per heavy atom. The molecule has 0 aromatic heterocycles. The maximum atomic E-state index is 12.6. The number of nitrogens with zero attached hydrogens (tertiary/aromatic N) is 4. The predicted molar refractivity (Wildman–Crippen MR) is 81.1 cm³/mol. The molecule has 0 N–H and O–H groups in total. The van der Waals surface area contributed by atoms with Crippen molar-refractivity contribution in [3.05, 3.63) is 0 Å². The minimum Gasteiger partial charge on any atom is -0.342 e. The Morgan fingerprint density at radius 1 is 1.14 bits per heavy atom. The van der Waals surface area contributed by atoms with Gasteiger partial charge in [-0.3, -0.25) is 9.59 Å². The van der Waals surface area contributed by atoms with Gasteiger partial charge in [-0.1, -0.05) is 0 Å². The third kappa shape index (κ3) is 3.58. The lowest BCUT2D eigenvalue weighted by Crippen LogP contribution is -2.53. The molecule has 0 bridgehead atoms. The smallest absolute Gasteiger partial charge is 0.281 e. The van der Waals surface area contributed by atoms with E-state index >= 15 is 0 Å². The van der Waals surface area contributed by atoms with E-state index in [1.54, 1.807) is 9.80 Å². The van der Waals surface area contributed by atoms with E-state index in [-0.39, 0.29) is 18.4 Å². The van der Waals surface area contributed by atoms with Crippen molar-refractivity contribution in [1.29, 1.82) is 0 Å². The van der Waals surface area contributed by atoms with Crippen LogP contribution in [0, 0.1) is 5.92 Å². The summed E-state index contributed by atoms with van der Waals surface area (Å²) < 4.78 is 27.0. The van der Waals surface area contributed by atoms with Gasteiger partial charge in [-0.2, -0.15) is 17.0 Å².